The number of nitro groups is 1. The first-order valence-corrected chi connectivity index (χ1v) is 6.62. The monoisotopic (exact) mass is 264 g/mol. The van der Waals surface area contributed by atoms with E-state index >= 15 is 0 Å². The van der Waals surface area contributed by atoms with Crippen molar-refractivity contribution in [1.82, 2.24) is 4.98 Å². The van der Waals surface area contributed by atoms with Crippen LogP contribution in [0.25, 0.3) is 0 Å². The summed E-state index contributed by atoms with van der Waals surface area (Å²) < 4.78 is 12.3. The maximum absolute atomic E-state index is 12.3. The van der Waals surface area contributed by atoms with Gasteiger partial charge in [-0.25, -0.2) is 9.19 Å². The Hall–Kier alpha value is -1.82. The number of rotatable bonds is 3. The molecule has 1 aliphatic carbocycles. The van der Waals surface area contributed by atoms with Crippen molar-refractivity contribution in [3.63, 3.8) is 0 Å². The summed E-state index contributed by atoms with van der Waals surface area (Å²) in [6, 6.07) is 2.79. The molecule has 6 heteroatoms. The number of pyridine rings is 1. The van der Waals surface area contributed by atoms with Crippen LogP contribution in [0.5, 0.6) is 0 Å². The number of nitrogens with zero attached hydrogens (tertiary/aromatic N) is 2. The van der Waals surface area contributed by atoms with E-state index in [1.807, 2.05) is 13.0 Å². The van der Waals surface area contributed by atoms with Gasteiger partial charge in [-0.2, -0.15) is 0 Å². The van der Waals surface area contributed by atoms with Gasteiger partial charge in [0.25, 0.3) is 0 Å². The Morgan fingerprint density at radius 1 is 1.39 bits per heavy atom. The fourth-order valence-electron chi connectivity index (χ4n) is 1.67. The molecule has 1 heterocycles. The minimum Gasteiger partial charge on any atom is -0.258 e. The molecule has 5 nitrogen and oxygen atoms in total. The van der Waals surface area contributed by atoms with Gasteiger partial charge in [0, 0.05) is 17.2 Å². The standard InChI is InChI=1S/C12H12N2O3S/c1-9-4-6-10(7-5-9)18(17)12-11(14(15)16)3-2-8-13-12/h2-4,6,8H,5,7H2,1H3. The lowest BCUT2D eigenvalue weighted by Gasteiger charge is -2.11. The third-order valence-electron chi connectivity index (χ3n) is 2.68. The average Bonchev–Trinajstić information content (AvgIpc) is 2.39. The molecule has 2 rings (SSSR count). The molecular formula is C12H12N2O3S. The minimum atomic E-state index is -1.55. The fraction of sp³-hybridized carbons (Fsp3) is 0.250. The summed E-state index contributed by atoms with van der Waals surface area (Å²) in [4.78, 5) is 14.9. The molecule has 1 aromatic heterocycles. The van der Waals surface area contributed by atoms with Gasteiger partial charge >= 0.3 is 5.69 Å². The van der Waals surface area contributed by atoms with Gasteiger partial charge in [-0.05, 0) is 31.9 Å². The third-order valence-corrected chi connectivity index (χ3v) is 4.16. The molecule has 0 spiro atoms. The van der Waals surface area contributed by atoms with Crippen LogP contribution in [0.1, 0.15) is 19.8 Å². The van der Waals surface area contributed by atoms with Crippen LogP contribution in [0.15, 0.2) is 46.0 Å². The van der Waals surface area contributed by atoms with Crippen LogP contribution in [-0.4, -0.2) is 14.1 Å². The van der Waals surface area contributed by atoms with E-state index in [0.717, 1.165) is 6.42 Å². The molecule has 1 aliphatic rings. The lowest BCUT2D eigenvalue weighted by atomic mass is 10.1. The summed E-state index contributed by atoms with van der Waals surface area (Å²) in [6.07, 6.45) is 6.57. The summed E-state index contributed by atoms with van der Waals surface area (Å²) in [5, 5.41) is 10.9. The molecule has 1 aromatic rings. The quantitative estimate of drug-likeness (QED) is 0.621. The second kappa shape index (κ2) is 5.22. The largest absolute Gasteiger partial charge is 0.304 e. The molecule has 0 saturated carbocycles. The van der Waals surface area contributed by atoms with E-state index in [-0.39, 0.29) is 10.7 Å². The SMILES string of the molecule is CC1=CC=C(S(=O)c2ncccc2[N+](=O)[O-])CC1. The topological polar surface area (TPSA) is 73.1 Å². The Morgan fingerprint density at radius 2 is 2.17 bits per heavy atom. The maximum Gasteiger partial charge on any atom is 0.304 e. The molecule has 0 bridgehead atoms. The van der Waals surface area contributed by atoms with Gasteiger partial charge in [-0.3, -0.25) is 10.1 Å². The Morgan fingerprint density at radius 3 is 2.78 bits per heavy atom. The zero-order valence-corrected chi connectivity index (χ0v) is 10.6. The molecule has 18 heavy (non-hydrogen) atoms. The van der Waals surface area contributed by atoms with Gasteiger partial charge < -0.3 is 0 Å². The van der Waals surface area contributed by atoms with Gasteiger partial charge in [0.15, 0.2) is 0 Å². The van der Waals surface area contributed by atoms with Crippen LogP contribution in [0.4, 0.5) is 5.69 Å². The molecule has 0 saturated heterocycles. The summed E-state index contributed by atoms with van der Waals surface area (Å²) in [5.41, 5.74) is 1.02. The van der Waals surface area contributed by atoms with Crippen LogP contribution in [0, 0.1) is 10.1 Å². The number of hydrogen-bond acceptors (Lipinski definition) is 4. The molecule has 0 aromatic carbocycles. The molecular weight excluding hydrogens is 252 g/mol. The molecule has 0 radical (unpaired) electrons. The smallest absolute Gasteiger partial charge is 0.258 e. The van der Waals surface area contributed by atoms with E-state index in [9.17, 15) is 14.3 Å². The Balaban J connectivity index is 2.38. The summed E-state index contributed by atoms with van der Waals surface area (Å²) in [5.74, 6) is 0. The van der Waals surface area contributed by atoms with Crippen LogP contribution < -0.4 is 0 Å². The van der Waals surface area contributed by atoms with E-state index < -0.39 is 15.7 Å². The van der Waals surface area contributed by atoms with Crippen molar-refractivity contribution < 1.29 is 9.13 Å². The van der Waals surface area contributed by atoms with Gasteiger partial charge in [-0.1, -0.05) is 11.6 Å². The van der Waals surface area contributed by atoms with Crippen LogP contribution >= 0.6 is 0 Å². The summed E-state index contributed by atoms with van der Waals surface area (Å²) >= 11 is 0. The first-order valence-electron chi connectivity index (χ1n) is 5.47. The minimum absolute atomic E-state index is 0.0294. The third kappa shape index (κ3) is 2.53. The fourth-order valence-corrected chi connectivity index (χ4v) is 2.88. The van der Waals surface area contributed by atoms with Crippen molar-refractivity contribution in [2.45, 2.75) is 24.8 Å². The molecule has 0 N–H and O–H groups in total. The average molecular weight is 264 g/mol. The normalized spacial score (nSPS) is 16.7. The van der Waals surface area contributed by atoms with Gasteiger partial charge in [0.1, 0.15) is 10.8 Å². The number of aromatic nitrogens is 1. The highest BCUT2D eigenvalue weighted by molar-refractivity contribution is 7.89. The van der Waals surface area contributed by atoms with Crippen molar-refractivity contribution >= 4 is 16.5 Å². The van der Waals surface area contributed by atoms with E-state index in [0.29, 0.717) is 11.3 Å². The molecule has 0 amide bonds. The van der Waals surface area contributed by atoms with E-state index in [1.54, 1.807) is 6.08 Å². The second-order valence-electron chi connectivity index (χ2n) is 4.00. The van der Waals surface area contributed by atoms with Crippen LogP contribution in [0.2, 0.25) is 0 Å². The Kier molecular flexibility index (Phi) is 3.66. The van der Waals surface area contributed by atoms with Crippen molar-refractivity contribution in [3.05, 3.63) is 51.1 Å². The van der Waals surface area contributed by atoms with Crippen molar-refractivity contribution in [2.75, 3.05) is 0 Å². The lowest BCUT2D eigenvalue weighted by Crippen LogP contribution is -2.05. The maximum atomic E-state index is 12.3. The van der Waals surface area contributed by atoms with E-state index in [4.69, 9.17) is 0 Å². The van der Waals surface area contributed by atoms with Gasteiger partial charge in [0.2, 0.25) is 5.03 Å². The first kappa shape index (κ1) is 12.6. The Bertz CT molecular complexity index is 578. The second-order valence-corrected chi connectivity index (χ2v) is 5.45. The molecule has 0 aliphatic heterocycles. The molecule has 1 atom stereocenters. The molecule has 1 unspecified atom stereocenters. The van der Waals surface area contributed by atoms with Gasteiger partial charge in [-0.15, -0.1) is 0 Å². The zero-order chi connectivity index (χ0) is 13.1. The summed E-state index contributed by atoms with van der Waals surface area (Å²) in [6.45, 7) is 2.00. The van der Waals surface area contributed by atoms with Crippen LogP contribution in [0.3, 0.4) is 0 Å². The van der Waals surface area contributed by atoms with Crippen molar-refractivity contribution in [1.29, 1.82) is 0 Å². The highest BCUT2D eigenvalue weighted by atomic mass is 32.2. The molecule has 0 fully saturated rings. The van der Waals surface area contributed by atoms with Gasteiger partial charge in [0.05, 0.1) is 4.92 Å². The van der Waals surface area contributed by atoms with Crippen molar-refractivity contribution in [2.24, 2.45) is 0 Å². The number of allylic oxidation sites excluding steroid dienone is 4. The van der Waals surface area contributed by atoms with E-state index in [1.165, 1.54) is 23.9 Å². The Labute approximate surface area is 107 Å². The lowest BCUT2D eigenvalue weighted by molar-refractivity contribution is -0.388. The zero-order valence-electron chi connectivity index (χ0n) is 9.83. The number of hydrogen-bond donors (Lipinski definition) is 0. The summed E-state index contributed by atoms with van der Waals surface area (Å²) in [7, 11) is -1.55. The highest BCUT2D eigenvalue weighted by Crippen LogP contribution is 2.28. The predicted molar refractivity (Wildman–Crippen MR) is 68.4 cm³/mol. The van der Waals surface area contributed by atoms with Crippen LogP contribution in [-0.2, 0) is 10.8 Å². The van der Waals surface area contributed by atoms with Crippen molar-refractivity contribution in [3.8, 4) is 0 Å². The van der Waals surface area contributed by atoms with E-state index in [2.05, 4.69) is 4.98 Å². The first-order chi connectivity index (χ1) is 8.59. The highest BCUT2D eigenvalue weighted by Gasteiger charge is 2.23. The molecule has 94 valence electrons. The predicted octanol–water partition coefficient (Wildman–Crippen LogP) is 2.72.